The molecule has 0 fully saturated rings. The minimum absolute atomic E-state index is 0.227. The van der Waals surface area contributed by atoms with Crippen molar-refractivity contribution in [2.45, 2.75) is 58.6 Å². The van der Waals surface area contributed by atoms with Gasteiger partial charge < -0.3 is 10.6 Å². The van der Waals surface area contributed by atoms with Crippen LogP contribution in [0.5, 0.6) is 0 Å². The lowest BCUT2D eigenvalue weighted by atomic mass is 10.1. The molecule has 0 unspecified atom stereocenters. The summed E-state index contributed by atoms with van der Waals surface area (Å²) >= 11 is 0. The molecule has 0 bridgehead atoms. The zero-order chi connectivity index (χ0) is 20.1. The fourth-order valence-corrected chi connectivity index (χ4v) is 1.45. The Morgan fingerprint density at radius 2 is 1.23 bits per heavy atom. The fraction of sp³-hybridized carbons (Fsp3) is 0.667. The Hall–Kier alpha value is -2.25. The van der Waals surface area contributed by atoms with Gasteiger partial charge in [0.25, 0.3) is 0 Å². The van der Waals surface area contributed by atoms with E-state index >= 15 is 0 Å². The van der Waals surface area contributed by atoms with Gasteiger partial charge in [-0.1, -0.05) is 19.8 Å². The highest BCUT2D eigenvalue weighted by atomic mass is 19.4. The van der Waals surface area contributed by atoms with Gasteiger partial charge in [0.05, 0.1) is 0 Å². The van der Waals surface area contributed by atoms with Gasteiger partial charge in [0.1, 0.15) is 12.1 Å². The molecule has 1 heterocycles. The molecule has 0 aromatic carbocycles. The van der Waals surface area contributed by atoms with E-state index in [1.165, 1.54) is 0 Å². The quantitative estimate of drug-likeness (QED) is 0.595. The second kappa shape index (κ2) is 8.42. The van der Waals surface area contributed by atoms with Gasteiger partial charge in [-0.05, 0) is 25.7 Å². The molecule has 1 aromatic heterocycles. The Labute approximate surface area is 147 Å². The number of aromatic nitrogens is 3. The average Bonchev–Trinajstić information content (AvgIpc) is 2.44. The summed E-state index contributed by atoms with van der Waals surface area (Å²) < 4.78 is 76.0. The van der Waals surface area contributed by atoms with Gasteiger partial charge in [0.15, 0.2) is 0 Å². The normalized spacial score (nSPS) is 14.4. The molecule has 2 atom stereocenters. The van der Waals surface area contributed by atoms with Crippen LogP contribution in [0.25, 0.3) is 0 Å². The molecule has 0 amide bonds. The van der Waals surface area contributed by atoms with Crippen molar-refractivity contribution >= 4 is 11.9 Å². The van der Waals surface area contributed by atoms with Crippen molar-refractivity contribution in [2.75, 3.05) is 10.6 Å². The highest BCUT2D eigenvalue weighted by Crippen LogP contribution is 2.24. The van der Waals surface area contributed by atoms with Crippen molar-refractivity contribution in [1.82, 2.24) is 15.0 Å². The lowest BCUT2D eigenvalue weighted by Crippen LogP contribution is -2.35. The topological polar surface area (TPSA) is 62.7 Å². The number of alkyl halides is 6. The fourth-order valence-electron chi connectivity index (χ4n) is 1.45. The molecule has 0 spiro atoms. The van der Waals surface area contributed by atoms with Crippen LogP contribution in [0.2, 0.25) is 0 Å². The maximum absolute atomic E-state index is 12.7. The maximum Gasteiger partial charge on any atom is 0.408 e. The molecule has 1 aromatic rings. The van der Waals surface area contributed by atoms with Gasteiger partial charge in [0.2, 0.25) is 17.7 Å². The molecule has 11 heteroatoms. The highest BCUT2D eigenvalue weighted by Gasteiger charge is 2.38. The number of halogens is 6. The number of hydrogen-bond acceptors (Lipinski definition) is 5. The third-order valence-corrected chi connectivity index (χ3v) is 3.02. The average molecular weight is 383 g/mol. The van der Waals surface area contributed by atoms with Crippen molar-refractivity contribution < 1.29 is 26.3 Å². The summed E-state index contributed by atoms with van der Waals surface area (Å²) in [5, 5.41) is 4.00. The number of hydrogen-bond donors (Lipinski definition) is 2. The van der Waals surface area contributed by atoms with Gasteiger partial charge in [-0.15, -0.1) is 0 Å². The summed E-state index contributed by atoms with van der Waals surface area (Å²) in [6.45, 7) is 5.47. The Morgan fingerprint density at radius 1 is 0.808 bits per heavy atom. The van der Waals surface area contributed by atoms with Gasteiger partial charge in [0, 0.05) is 6.42 Å². The molecule has 0 radical (unpaired) electrons. The van der Waals surface area contributed by atoms with E-state index in [0.717, 1.165) is 13.8 Å². The van der Waals surface area contributed by atoms with Crippen LogP contribution in [-0.2, 0) is 0 Å². The first-order chi connectivity index (χ1) is 11.8. The summed E-state index contributed by atoms with van der Waals surface area (Å²) in [6, 6.07) is -4.01. The Kier molecular flexibility index (Phi) is 7.06. The molecule has 146 valence electrons. The van der Waals surface area contributed by atoms with Crippen molar-refractivity contribution in [2.24, 2.45) is 5.92 Å². The van der Waals surface area contributed by atoms with Crippen LogP contribution in [0.1, 0.15) is 39.9 Å². The molecule has 26 heavy (non-hydrogen) atoms. The molecule has 5 nitrogen and oxygen atoms in total. The summed E-state index contributed by atoms with van der Waals surface area (Å²) in [5.74, 6) is 4.21. The van der Waals surface area contributed by atoms with Crippen LogP contribution in [0.15, 0.2) is 0 Å². The number of anilines is 2. The molecular formula is C15H19F6N5. The van der Waals surface area contributed by atoms with Crippen molar-refractivity contribution in [3.63, 3.8) is 0 Å². The molecule has 0 aliphatic heterocycles. The molecule has 0 saturated carbocycles. The van der Waals surface area contributed by atoms with Gasteiger partial charge in [-0.25, -0.2) is 0 Å². The van der Waals surface area contributed by atoms with Crippen molar-refractivity contribution in [3.05, 3.63) is 5.82 Å². The predicted octanol–water partition coefficient (Wildman–Crippen LogP) is 3.99. The highest BCUT2D eigenvalue weighted by molar-refractivity contribution is 5.39. The zero-order valence-electron chi connectivity index (χ0n) is 14.5. The van der Waals surface area contributed by atoms with Crippen LogP contribution in [0.4, 0.5) is 38.2 Å². The van der Waals surface area contributed by atoms with Crippen LogP contribution in [0.3, 0.4) is 0 Å². The molecule has 1 rings (SSSR count). The van der Waals surface area contributed by atoms with E-state index in [9.17, 15) is 26.3 Å². The number of nitrogens with zero attached hydrogens (tertiary/aromatic N) is 3. The van der Waals surface area contributed by atoms with Gasteiger partial charge in [-0.2, -0.15) is 41.3 Å². The Morgan fingerprint density at radius 3 is 1.58 bits per heavy atom. The van der Waals surface area contributed by atoms with E-state index in [4.69, 9.17) is 0 Å². The second-order valence-electron chi connectivity index (χ2n) is 6.02. The summed E-state index contributed by atoms with van der Waals surface area (Å²) in [4.78, 5) is 11.0. The first kappa shape index (κ1) is 21.8. The number of rotatable bonds is 5. The van der Waals surface area contributed by atoms with E-state index in [-0.39, 0.29) is 11.7 Å². The largest absolute Gasteiger partial charge is 0.408 e. The SMILES string of the molecule is CC(C)CC#Cc1nc(N[C@H](C)C(F)(F)F)nc(N[C@H](C)C(F)(F)F)n1. The molecule has 0 aliphatic rings. The Bertz CT molecular complexity index is 619. The summed E-state index contributed by atoms with van der Waals surface area (Å²) in [7, 11) is 0. The third kappa shape index (κ3) is 7.33. The molecule has 0 aliphatic carbocycles. The first-order valence-electron chi connectivity index (χ1n) is 7.70. The van der Waals surface area contributed by atoms with E-state index in [1.807, 2.05) is 24.5 Å². The van der Waals surface area contributed by atoms with Crippen molar-refractivity contribution in [3.8, 4) is 11.8 Å². The van der Waals surface area contributed by atoms with Gasteiger partial charge >= 0.3 is 12.4 Å². The maximum atomic E-state index is 12.7. The summed E-state index contributed by atoms with van der Waals surface area (Å²) in [6.07, 6.45) is -8.69. The predicted molar refractivity (Wildman–Crippen MR) is 84.4 cm³/mol. The lowest BCUT2D eigenvalue weighted by Gasteiger charge is -2.19. The van der Waals surface area contributed by atoms with Crippen LogP contribution < -0.4 is 10.6 Å². The lowest BCUT2D eigenvalue weighted by molar-refractivity contribution is -0.139. The smallest absolute Gasteiger partial charge is 0.343 e. The minimum atomic E-state index is -4.58. The van der Waals surface area contributed by atoms with Crippen LogP contribution in [-0.4, -0.2) is 39.4 Å². The number of nitrogens with one attached hydrogen (secondary N) is 2. The van der Waals surface area contributed by atoms with E-state index in [0.29, 0.717) is 6.42 Å². The van der Waals surface area contributed by atoms with Gasteiger partial charge in [-0.3, -0.25) is 0 Å². The van der Waals surface area contributed by atoms with E-state index in [2.05, 4.69) is 26.8 Å². The third-order valence-electron chi connectivity index (χ3n) is 3.02. The zero-order valence-corrected chi connectivity index (χ0v) is 14.5. The summed E-state index contributed by atoms with van der Waals surface area (Å²) in [5.41, 5.74) is 0. The minimum Gasteiger partial charge on any atom is -0.343 e. The van der Waals surface area contributed by atoms with E-state index in [1.54, 1.807) is 0 Å². The van der Waals surface area contributed by atoms with E-state index < -0.39 is 36.3 Å². The second-order valence-corrected chi connectivity index (χ2v) is 6.02. The first-order valence-corrected chi connectivity index (χ1v) is 7.70. The van der Waals surface area contributed by atoms with Crippen molar-refractivity contribution in [1.29, 1.82) is 0 Å². The molecular weight excluding hydrogens is 364 g/mol. The standard InChI is InChI=1S/C15H19F6N5/c1-8(2)6-5-7-11-24-12(22-9(3)14(16,17)18)26-13(25-11)23-10(4)15(19,20)21/h8-10H,6H2,1-4H3,(H2,22,23,24,25,26)/t9-,10-/m1/s1. The van der Waals surface area contributed by atoms with Crippen LogP contribution in [0, 0.1) is 17.8 Å². The molecule has 0 saturated heterocycles. The van der Waals surface area contributed by atoms with Crippen LogP contribution >= 0.6 is 0 Å². The Balaban J connectivity index is 3.15. The molecule has 2 N–H and O–H groups in total. The monoisotopic (exact) mass is 383 g/mol.